The van der Waals surface area contributed by atoms with Crippen molar-refractivity contribution in [2.45, 2.75) is 39.5 Å². The van der Waals surface area contributed by atoms with Gasteiger partial charge in [0.1, 0.15) is 12.6 Å². The number of hydrogen-bond donors (Lipinski definition) is 0. The van der Waals surface area contributed by atoms with Crippen molar-refractivity contribution in [2.75, 3.05) is 0 Å². The van der Waals surface area contributed by atoms with Gasteiger partial charge >= 0.3 is 6.03 Å². The molecule has 1 aromatic carbocycles. The lowest BCUT2D eigenvalue weighted by Gasteiger charge is -2.22. The van der Waals surface area contributed by atoms with Crippen LogP contribution in [0.15, 0.2) is 30.3 Å². The lowest BCUT2D eigenvalue weighted by molar-refractivity contribution is -0.166. The first-order valence-electron chi connectivity index (χ1n) is 6.35. The summed E-state index contributed by atoms with van der Waals surface area (Å²) in [6, 6.07) is 8.55. The summed E-state index contributed by atoms with van der Waals surface area (Å²) in [7, 11) is 0. The Labute approximate surface area is 112 Å². The second kappa shape index (κ2) is 5.40. The molecule has 0 saturated carbocycles. The van der Waals surface area contributed by atoms with E-state index in [1.165, 1.54) is 4.90 Å². The highest BCUT2D eigenvalue weighted by molar-refractivity contribution is 6.02. The molecule has 1 aliphatic rings. The average molecular weight is 262 g/mol. The summed E-state index contributed by atoms with van der Waals surface area (Å²) in [5.41, 5.74) is 0.916. The van der Waals surface area contributed by atoms with Crippen molar-refractivity contribution < 1.29 is 14.4 Å². The molecule has 19 heavy (non-hydrogen) atoms. The van der Waals surface area contributed by atoms with Crippen molar-refractivity contribution in [3.63, 3.8) is 0 Å². The van der Waals surface area contributed by atoms with E-state index in [4.69, 9.17) is 4.84 Å². The van der Waals surface area contributed by atoms with E-state index in [-0.39, 0.29) is 24.6 Å². The molecular weight excluding hydrogens is 244 g/mol. The fraction of sp³-hybridized carbons (Fsp3) is 0.429. The number of imide groups is 1. The first-order valence-corrected chi connectivity index (χ1v) is 6.35. The Kier molecular flexibility index (Phi) is 3.85. The third-order valence-corrected chi connectivity index (χ3v) is 3.13. The predicted octanol–water partition coefficient (Wildman–Crippen LogP) is 2.18. The van der Waals surface area contributed by atoms with E-state index in [1.54, 1.807) is 6.92 Å². The molecule has 1 heterocycles. The van der Waals surface area contributed by atoms with Crippen LogP contribution in [0, 0.1) is 0 Å². The number of nitrogens with zero attached hydrogens (tertiary/aromatic N) is 2. The minimum atomic E-state index is -0.469. The summed E-state index contributed by atoms with van der Waals surface area (Å²) < 4.78 is 0. The lowest BCUT2D eigenvalue weighted by atomic mass is 10.2. The lowest BCUT2D eigenvalue weighted by Crippen LogP contribution is -2.39. The number of amides is 3. The summed E-state index contributed by atoms with van der Waals surface area (Å²) in [6.07, 6.45) is 0. The second-order valence-corrected chi connectivity index (χ2v) is 4.85. The first kappa shape index (κ1) is 13.5. The molecule has 5 heteroatoms. The van der Waals surface area contributed by atoms with Gasteiger partial charge < -0.3 is 4.90 Å². The smallest absolute Gasteiger partial charge is 0.308 e. The number of urea groups is 1. The Morgan fingerprint density at radius 1 is 1.21 bits per heavy atom. The fourth-order valence-corrected chi connectivity index (χ4v) is 2.15. The largest absolute Gasteiger partial charge is 0.352 e. The Hall–Kier alpha value is -1.88. The average Bonchev–Trinajstić information content (AvgIpc) is 2.60. The van der Waals surface area contributed by atoms with Gasteiger partial charge in [-0.1, -0.05) is 30.3 Å². The predicted molar refractivity (Wildman–Crippen MR) is 69.9 cm³/mol. The summed E-state index contributed by atoms with van der Waals surface area (Å²) in [5.74, 6) is -0.311. The van der Waals surface area contributed by atoms with Crippen LogP contribution < -0.4 is 0 Å². The topological polar surface area (TPSA) is 49.9 Å². The van der Waals surface area contributed by atoms with Crippen molar-refractivity contribution in [1.29, 1.82) is 0 Å². The molecule has 1 unspecified atom stereocenters. The summed E-state index contributed by atoms with van der Waals surface area (Å²) in [5, 5.41) is 0.873. The standard InChI is InChI=1S/C14H18N2O3/c1-10(2)15-11(3)13(17)16(14(15)18)19-9-12-7-5-4-6-8-12/h4-8,10-11H,9H2,1-3H3. The molecule has 102 valence electrons. The molecule has 0 spiro atoms. The van der Waals surface area contributed by atoms with Crippen LogP contribution in [0.3, 0.4) is 0 Å². The minimum Gasteiger partial charge on any atom is -0.308 e. The third-order valence-electron chi connectivity index (χ3n) is 3.13. The number of carbonyl (C=O) groups excluding carboxylic acids is 2. The van der Waals surface area contributed by atoms with Gasteiger partial charge in [0.15, 0.2) is 0 Å². The van der Waals surface area contributed by atoms with Gasteiger partial charge in [0.2, 0.25) is 0 Å². The van der Waals surface area contributed by atoms with Crippen LogP contribution in [0.1, 0.15) is 26.3 Å². The molecule has 3 amide bonds. The van der Waals surface area contributed by atoms with Crippen molar-refractivity contribution in [3.05, 3.63) is 35.9 Å². The maximum absolute atomic E-state index is 12.1. The van der Waals surface area contributed by atoms with Crippen molar-refractivity contribution >= 4 is 11.9 Å². The van der Waals surface area contributed by atoms with Gasteiger partial charge in [-0.25, -0.2) is 4.79 Å². The molecule has 1 atom stereocenters. The molecule has 0 aromatic heterocycles. The molecular formula is C14H18N2O3. The number of hydroxylamine groups is 2. The van der Waals surface area contributed by atoms with Gasteiger partial charge in [0, 0.05) is 6.04 Å². The molecule has 1 saturated heterocycles. The molecule has 1 aliphatic heterocycles. The van der Waals surface area contributed by atoms with Gasteiger partial charge in [-0.05, 0) is 26.3 Å². The van der Waals surface area contributed by atoms with Crippen LogP contribution in [0.2, 0.25) is 0 Å². The van der Waals surface area contributed by atoms with Gasteiger partial charge in [-0.2, -0.15) is 0 Å². The van der Waals surface area contributed by atoms with Gasteiger partial charge in [0.05, 0.1) is 0 Å². The van der Waals surface area contributed by atoms with E-state index in [0.29, 0.717) is 0 Å². The third kappa shape index (κ3) is 2.61. The van der Waals surface area contributed by atoms with E-state index < -0.39 is 6.04 Å². The van der Waals surface area contributed by atoms with Crippen molar-refractivity contribution in [1.82, 2.24) is 9.96 Å². The second-order valence-electron chi connectivity index (χ2n) is 4.85. The Balaban J connectivity index is 2.05. The monoisotopic (exact) mass is 262 g/mol. The molecule has 5 nitrogen and oxygen atoms in total. The fourth-order valence-electron chi connectivity index (χ4n) is 2.15. The number of benzene rings is 1. The SMILES string of the molecule is CC(C)N1C(=O)N(OCc2ccccc2)C(=O)C1C. The first-order chi connectivity index (χ1) is 9.02. The highest BCUT2D eigenvalue weighted by Gasteiger charge is 2.44. The Morgan fingerprint density at radius 2 is 1.84 bits per heavy atom. The molecule has 0 bridgehead atoms. The van der Waals surface area contributed by atoms with Crippen LogP contribution >= 0.6 is 0 Å². The van der Waals surface area contributed by atoms with Crippen LogP contribution in [0.4, 0.5) is 4.79 Å². The molecule has 0 radical (unpaired) electrons. The van der Waals surface area contributed by atoms with Gasteiger partial charge in [-0.15, -0.1) is 5.06 Å². The Morgan fingerprint density at radius 3 is 2.37 bits per heavy atom. The van der Waals surface area contributed by atoms with Gasteiger partial charge in [-0.3, -0.25) is 9.63 Å². The maximum atomic E-state index is 12.1. The summed E-state index contributed by atoms with van der Waals surface area (Å²) in [6.45, 7) is 5.67. The van der Waals surface area contributed by atoms with Crippen LogP contribution in [0.25, 0.3) is 0 Å². The summed E-state index contributed by atoms with van der Waals surface area (Å²) in [4.78, 5) is 31.0. The van der Waals surface area contributed by atoms with Crippen LogP contribution in [-0.2, 0) is 16.2 Å². The molecule has 0 N–H and O–H groups in total. The molecule has 0 aliphatic carbocycles. The molecule has 1 fully saturated rings. The molecule has 2 rings (SSSR count). The highest BCUT2D eigenvalue weighted by Crippen LogP contribution is 2.21. The van der Waals surface area contributed by atoms with Crippen molar-refractivity contribution in [2.24, 2.45) is 0 Å². The Bertz CT molecular complexity index is 473. The van der Waals surface area contributed by atoms with E-state index in [1.807, 2.05) is 44.2 Å². The van der Waals surface area contributed by atoms with E-state index in [0.717, 1.165) is 10.6 Å². The maximum Gasteiger partial charge on any atom is 0.352 e. The zero-order valence-electron chi connectivity index (χ0n) is 11.4. The van der Waals surface area contributed by atoms with E-state index >= 15 is 0 Å². The van der Waals surface area contributed by atoms with E-state index in [9.17, 15) is 9.59 Å². The normalized spacial score (nSPS) is 19.7. The zero-order chi connectivity index (χ0) is 14.0. The van der Waals surface area contributed by atoms with E-state index in [2.05, 4.69) is 0 Å². The highest BCUT2D eigenvalue weighted by atomic mass is 16.7. The van der Waals surface area contributed by atoms with Crippen molar-refractivity contribution in [3.8, 4) is 0 Å². The summed E-state index contributed by atoms with van der Waals surface area (Å²) >= 11 is 0. The minimum absolute atomic E-state index is 0.0308. The van der Waals surface area contributed by atoms with Crippen LogP contribution in [-0.4, -0.2) is 34.0 Å². The number of carbonyl (C=O) groups is 2. The zero-order valence-corrected chi connectivity index (χ0v) is 11.4. The van der Waals surface area contributed by atoms with Crippen LogP contribution in [0.5, 0.6) is 0 Å². The number of hydrogen-bond acceptors (Lipinski definition) is 3. The number of rotatable bonds is 4. The quantitative estimate of drug-likeness (QED) is 0.781. The van der Waals surface area contributed by atoms with Gasteiger partial charge in [0.25, 0.3) is 5.91 Å². The molecule has 1 aromatic rings.